The SMILES string of the molecule is Cc1ccc(C(=O)CCC(=O)Nc2ccc(S(=O)(=O)Nc3ccc(Cl)nn3)cc2)cc1. The highest BCUT2D eigenvalue weighted by Gasteiger charge is 2.16. The van der Waals surface area contributed by atoms with E-state index < -0.39 is 10.0 Å². The molecular formula is C21H19ClN4O4S. The van der Waals surface area contributed by atoms with Crippen LogP contribution in [0.3, 0.4) is 0 Å². The highest BCUT2D eigenvalue weighted by atomic mass is 35.5. The van der Waals surface area contributed by atoms with Gasteiger partial charge in [-0.1, -0.05) is 41.4 Å². The number of Topliss-reactive ketones (excluding diaryl/α,β-unsaturated/α-hetero) is 1. The Labute approximate surface area is 184 Å². The number of carbonyl (C=O) groups excluding carboxylic acids is 2. The third-order valence-corrected chi connectivity index (χ3v) is 5.84. The minimum atomic E-state index is -3.88. The van der Waals surface area contributed by atoms with Gasteiger partial charge in [0.15, 0.2) is 16.8 Å². The van der Waals surface area contributed by atoms with Crippen LogP contribution < -0.4 is 10.0 Å². The van der Waals surface area contributed by atoms with Gasteiger partial charge >= 0.3 is 0 Å². The third kappa shape index (κ3) is 6.34. The Bertz CT molecular complexity index is 1180. The summed E-state index contributed by atoms with van der Waals surface area (Å²) in [5, 5.41) is 10.0. The molecule has 2 aromatic carbocycles. The van der Waals surface area contributed by atoms with Gasteiger partial charge in [-0.15, -0.1) is 10.2 Å². The molecule has 0 aliphatic rings. The summed E-state index contributed by atoms with van der Waals surface area (Å²) >= 11 is 5.63. The summed E-state index contributed by atoms with van der Waals surface area (Å²) in [4.78, 5) is 24.3. The maximum Gasteiger partial charge on any atom is 0.263 e. The van der Waals surface area contributed by atoms with Gasteiger partial charge in [0.2, 0.25) is 5.91 Å². The van der Waals surface area contributed by atoms with Gasteiger partial charge in [0, 0.05) is 24.1 Å². The molecule has 10 heteroatoms. The van der Waals surface area contributed by atoms with E-state index in [4.69, 9.17) is 11.6 Å². The van der Waals surface area contributed by atoms with Gasteiger partial charge in [-0.25, -0.2) is 8.42 Å². The van der Waals surface area contributed by atoms with Crippen molar-refractivity contribution in [3.8, 4) is 0 Å². The van der Waals surface area contributed by atoms with Crippen molar-refractivity contribution < 1.29 is 18.0 Å². The van der Waals surface area contributed by atoms with Crippen molar-refractivity contribution >= 4 is 44.8 Å². The molecule has 1 aromatic heterocycles. The monoisotopic (exact) mass is 458 g/mol. The zero-order valence-electron chi connectivity index (χ0n) is 16.5. The van der Waals surface area contributed by atoms with E-state index in [1.165, 1.54) is 36.4 Å². The Morgan fingerprint density at radius 2 is 1.58 bits per heavy atom. The van der Waals surface area contributed by atoms with Crippen molar-refractivity contribution in [2.24, 2.45) is 0 Å². The van der Waals surface area contributed by atoms with Gasteiger partial charge < -0.3 is 5.32 Å². The number of nitrogens with one attached hydrogen (secondary N) is 2. The molecule has 0 unspecified atom stereocenters. The fraction of sp³-hybridized carbons (Fsp3) is 0.143. The second-order valence-corrected chi connectivity index (χ2v) is 8.78. The topological polar surface area (TPSA) is 118 Å². The van der Waals surface area contributed by atoms with Crippen molar-refractivity contribution in [1.82, 2.24) is 10.2 Å². The first-order chi connectivity index (χ1) is 14.7. The molecule has 8 nitrogen and oxygen atoms in total. The first kappa shape index (κ1) is 22.4. The number of sulfonamides is 1. The molecule has 2 N–H and O–H groups in total. The van der Waals surface area contributed by atoms with Crippen molar-refractivity contribution in [1.29, 1.82) is 0 Å². The van der Waals surface area contributed by atoms with Crippen molar-refractivity contribution in [3.05, 3.63) is 76.9 Å². The summed E-state index contributed by atoms with van der Waals surface area (Å²) < 4.78 is 27.1. The van der Waals surface area contributed by atoms with Crippen LogP contribution in [-0.4, -0.2) is 30.3 Å². The van der Waals surface area contributed by atoms with Gasteiger partial charge in [0.1, 0.15) is 0 Å². The Morgan fingerprint density at radius 1 is 0.903 bits per heavy atom. The van der Waals surface area contributed by atoms with E-state index in [9.17, 15) is 18.0 Å². The number of aryl methyl sites for hydroxylation is 1. The van der Waals surface area contributed by atoms with Crippen LogP contribution in [0, 0.1) is 6.92 Å². The summed E-state index contributed by atoms with van der Waals surface area (Å²) in [5.41, 5.74) is 2.03. The number of amides is 1. The van der Waals surface area contributed by atoms with Crippen molar-refractivity contribution in [2.45, 2.75) is 24.7 Å². The number of carbonyl (C=O) groups is 2. The lowest BCUT2D eigenvalue weighted by atomic mass is 10.0. The third-order valence-electron chi connectivity index (χ3n) is 4.27. The number of rotatable bonds is 8. The molecule has 1 heterocycles. The molecule has 0 atom stereocenters. The van der Waals surface area contributed by atoms with Crippen LogP contribution in [0.15, 0.2) is 65.6 Å². The average molecular weight is 459 g/mol. The van der Waals surface area contributed by atoms with E-state index in [0.29, 0.717) is 11.3 Å². The normalized spacial score (nSPS) is 11.0. The Hall–Kier alpha value is -3.30. The number of hydrogen-bond acceptors (Lipinski definition) is 6. The van der Waals surface area contributed by atoms with Crippen molar-refractivity contribution in [2.75, 3.05) is 10.0 Å². The zero-order chi connectivity index (χ0) is 22.4. The van der Waals surface area contributed by atoms with Crippen LogP contribution in [0.25, 0.3) is 0 Å². The Morgan fingerprint density at radius 3 is 2.19 bits per heavy atom. The Kier molecular flexibility index (Phi) is 6.98. The summed E-state index contributed by atoms with van der Waals surface area (Å²) in [6.45, 7) is 1.93. The first-order valence-electron chi connectivity index (χ1n) is 9.25. The first-order valence-corrected chi connectivity index (χ1v) is 11.1. The van der Waals surface area contributed by atoms with E-state index in [-0.39, 0.29) is 40.4 Å². The second kappa shape index (κ2) is 9.67. The molecule has 0 spiro atoms. The fourth-order valence-corrected chi connectivity index (χ4v) is 3.72. The molecule has 3 aromatic rings. The molecule has 1 amide bonds. The molecule has 160 valence electrons. The minimum absolute atomic E-state index is 0.0169. The molecule has 0 bridgehead atoms. The molecule has 3 rings (SSSR count). The fourth-order valence-electron chi connectivity index (χ4n) is 2.62. The molecule has 0 radical (unpaired) electrons. The molecular weight excluding hydrogens is 440 g/mol. The molecule has 0 aliphatic heterocycles. The maximum absolute atomic E-state index is 12.4. The molecule has 0 aliphatic carbocycles. The lowest BCUT2D eigenvalue weighted by molar-refractivity contribution is -0.116. The highest BCUT2D eigenvalue weighted by Crippen LogP contribution is 2.18. The number of aromatic nitrogens is 2. The largest absolute Gasteiger partial charge is 0.326 e. The summed E-state index contributed by atoms with van der Waals surface area (Å²) in [7, 11) is -3.88. The average Bonchev–Trinajstić information content (AvgIpc) is 2.74. The van der Waals surface area contributed by atoms with Gasteiger partial charge in [-0.05, 0) is 43.3 Å². The number of ketones is 1. The lowest BCUT2D eigenvalue weighted by Gasteiger charge is -2.09. The number of hydrogen-bond donors (Lipinski definition) is 2. The predicted octanol–water partition coefficient (Wildman–Crippen LogP) is 3.84. The van der Waals surface area contributed by atoms with Gasteiger partial charge in [-0.2, -0.15) is 0 Å². The second-order valence-electron chi connectivity index (χ2n) is 6.71. The molecule has 31 heavy (non-hydrogen) atoms. The standard InChI is InChI=1S/C21H19ClN4O4S/c1-14-2-4-15(5-3-14)18(27)10-13-21(28)23-16-6-8-17(9-7-16)31(29,30)26-20-12-11-19(22)24-25-20/h2-9,11-12H,10,13H2,1H3,(H,23,28)(H,25,26). The smallest absolute Gasteiger partial charge is 0.263 e. The van der Waals surface area contributed by atoms with Gasteiger partial charge in [0.05, 0.1) is 4.90 Å². The van der Waals surface area contributed by atoms with Crippen molar-refractivity contribution in [3.63, 3.8) is 0 Å². The number of anilines is 2. The number of benzene rings is 2. The van der Waals surface area contributed by atoms with Crippen LogP contribution in [-0.2, 0) is 14.8 Å². The molecule has 0 fully saturated rings. The van der Waals surface area contributed by atoms with Crippen LogP contribution in [0.1, 0.15) is 28.8 Å². The minimum Gasteiger partial charge on any atom is -0.326 e. The number of nitrogens with zero attached hydrogens (tertiary/aromatic N) is 2. The Balaban J connectivity index is 1.55. The van der Waals surface area contributed by atoms with E-state index in [1.807, 2.05) is 19.1 Å². The summed E-state index contributed by atoms with van der Waals surface area (Å²) in [6.07, 6.45) is 0.0942. The quantitative estimate of drug-likeness (QED) is 0.495. The van der Waals surface area contributed by atoms with E-state index in [2.05, 4.69) is 20.2 Å². The number of halogens is 1. The lowest BCUT2D eigenvalue weighted by Crippen LogP contribution is -2.15. The van der Waals surface area contributed by atoms with Crippen LogP contribution >= 0.6 is 11.6 Å². The van der Waals surface area contributed by atoms with Crippen LogP contribution in [0.4, 0.5) is 11.5 Å². The van der Waals surface area contributed by atoms with E-state index >= 15 is 0 Å². The summed E-state index contributed by atoms with van der Waals surface area (Å²) in [5.74, 6) is -0.432. The zero-order valence-corrected chi connectivity index (χ0v) is 18.1. The highest BCUT2D eigenvalue weighted by molar-refractivity contribution is 7.92. The van der Waals surface area contributed by atoms with Crippen LogP contribution in [0.5, 0.6) is 0 Å². The molecule has 0 saturated carbocycles. The van der Waals surface area contributed by atoms with E-state index in [0.717, 1.165) is 5.56 Å². The predicted molar refractivity (Wildman–Crippen MR) is 118 cm³/mol. The van der Waals surface area contributed by atoms with Gasteiger partial charge in [0.25, 0.3) is 10.0 Å². The summed E-state index contributed by atoms with van der Waals surface area (Å²) in [6, 6.07) is 15.6. The van der Waals surface area contributed by atoms with E-state index in [1.54, 1.807) is 12.1 Å². The van der Waals surface area contributed by atoms with Crippen LogP contribution in [0.2, 0.25) is 5.15 Å². The maximum atomic E-state index is 12.4. The van der Waals surface area contributed by atoms with Gasteiger partial charge in [-0.3, -0.25) is 14.3 Å². The molecule has 0 saturated heterocycles.